The molecule has 0 amide bonds. The van der Waals surface area contributed by atoms with E-state index in [2.05, 4.69) is 220 Å². The molecule has 3 heterocycles. The Balaban J connectivity index is 1.29. The molecular formula is C55H48BN3. The summed E-state index contributed by atoms with van der Waals surface area (Å²) in [5.41, 5.74) is 19.0. The van der Waals surface area contributed by atoms with Crippen LogP contribution >= 0.6 is 0 Å². The first kappa shape index (κ1) is 35.6. The van der Waals surface area contributed by atoms with Crippen LogP contribution in [0.3, 0.4) is 0 Å². The Bertz CT molecular complexity index is 3060. The number of anilines is 6. The van der Waals surface area contributed by atoms with E-state index >= 15 is 0 Å². The van der Waals surface area contributed by atoms with Crippen molar-refractivity contribution in [1.29, 1.82) is 0 Å². The SMILES string of the molecule is CC(C)c1ccc(N2c3ccc(C(C)C)cc3B3c4cc(C(C)C)ccc4N(c4ccc5ccccc5c4)c4cc(-n5c6ccccc6c6ccccc65)cc2c43)cc1. The lowest BCUT2D eigenvalue weighted by molar-refractivity contribution is 0.866. The van der Waals surface area contributed by atoms with Gasteiger partial charge in [0.2, 0.25) is 0 Å². The number of hydrogen-bond acceptors (Lipinski definition) is 2. The molecule has 0 spiro atoms. The van der Waals surface area contributed by atoms with Gasteiger partial charge in [-0.3, -0.25) is 0 Å². The second kappa shape index (κ2) is 13.5. The van der Waals surface area contributed by atoms with Crippen LogP contribution < -0.4 is 26.2 Å². The van der Waals surface area contributed by atoms with E-state index in [0.29, 0.717) is 17.8 Å². The zero-order chi connectivity index (χ0) is 40.1. The molecule has 59 heavy (non-hydrogen) atoms. The number of para-hydroxylation sites is 2. The fourth-order valence-corrected chi connectivity index (χ4v) is 9.96. The van der Waals surface area contributed by atoms with E-state index < -0.39 is 0 Å². The van der Waals surface area contributed by atoms with E-state index in [1.165, 1.54) is 94.1 Å². The molecule has 0 unspecified atom stereocenters. The zero-order valence-electron chi connectivity index (χ0n) is 34.7. The summed E-state index contributed by atoms with van der Waals surface area (Å²) >= 11 is 0. The zero-order valence-corrected chi connectivity index (χ0v) is 34.7. The van der Waals surface area contributed by atoms with Crippen LogP contribution in [0.4, 0.5) is 34.1 Å². The molecule has 0 atom stereocenters. The Morgan fingerprint density at radius 1 is 0.373 bits per heavy atom. The third-order valence-electron chi connectivity index (χ3n) is 13.1. The van der Waals surface area contributed by atoms with Gasteiger partial charge in [0, 0.05) is 44.9 Å². The first-order valence-electron chi connectivity index (χ1n) is 21.4. The number of nitrogens with zero attached hydrogens (tertiary/aromatic N) is 3. The van der Waals surface area contributed by atoms with Gasteiger partial charge in [-0.1, -0.05) is 145 Å². The van der Waals surface area contributed by atoms with Crippen LogP contribution in [-0.4, -0.2) is 11.3 Å². The Hall–Kier alpha value is -6.52. The van der Waals surface area contributed by atoms with Crippen LogP contribution in [0.25, 0.3) is 38.3 Å². The summed E-state index contributed by atoms with van der Waals surface area (Å²) in [4.78, 5) is 5.13. The van der Waals surface area contributed by atoms with Gasteiger partial charge >= 0.3 is 0 Å². The van der Waals surface area contributed by atoms with Crippen LogP contribution in [0.5, 0.6) is 0 Å². The van der Waals surface area contributed by atoms with Crippen molar-refractivity contribution in [2.75, 3.05) is 9.80 Å². The molecular weight excluding hydrogens is 713 g/mol. The van der Waals surface area contributed by atoms with E-state index in [0.717, 1.165) is 11.4 Å². The Morgan fingerprint density at radius 2 is 0.847 bits per heavy atom. The molecule has 0 saturated carbocycles. The van der Waals surface area contributed by atoms with Crippen molar-refractivity contribution in [3.05, 3.63) is 180 Å². The van der Waals surface area contributed by atoms with E-state index in [-0.39, 0.29) is 6.71 Å². The molecule has 2 aliphatic rings. The predicted molar refractivity (Wildman–Crippen MR) is 255 cm³/mol. The van der Waals surface area contributed by atoms with E-state index in [9.17, 15) is 0 Å². The average Bonchev–Trinajstić information content (AvgIpc) is 3.60. The predicted octanol–water partition coefficient (Wildman–Crippen LogP) is 13.4. The van der Waals surface area contributed by atoms with Crippen LogP contribution in [0.15, 0.2) is 164 Å². The number of aromatic nitrogens is 1. The highest BCUT2D eigenvalue weighted by molar-refractivity contribution is 7.00. The molecule has 0 N–H and O–H groups in total. The van der Waals surface area contributed by atoms with Crippen molar-refractivity contribution in [2.45, 2.75) is 59.3 Å². The topological polar surface area (TPSA) is 11.4 Å². The maximum absolute atomic E-state index is 2.57. The van der Waals surface area contributed by atoms with Gasteiger partial charge in [0.05, 0.1) is 16.7 Å². The highest BCUT2D eigenvalue weighted by atomic mass is 15.2. The largest absolute Gasteiger partial charge is 0.311 e. The van der Waals surface area contributed by atoms with Gasteiger partial charge in [-0.2, -0.15) is 0 Å². The van der Waals surface area contributed by atoms with Crippen LogP contribution in [0.1, 0.15) is 76.0 Å². The average molecular weight is 762 g/mol. The molecule has 1 aromatic heterocycles. The molecule has 2 aliphatic heterocycles. The molecule has 286 valence electrons. The molecule has 0 aliphatic carbocycles. The smallest absolute Gasteiger partial charge is 0.252 e. The number of benzene rings is 8. The molecule has 3 nitrogen and oxygen atoms in total. The van der Waals surface area contributed by atoms with Crippen molar-refractivity contribution >= 4 is 89.8 Å². The highest BCUT2D eigenvalue weighted by Crippen LogP contribution is 2.47. The molecule has 8 aromatic carbocycles. The summed E-state index contributed by atoms with van der Waals surface area (Å²) in [5, 5.41) is 5.00. The van der Waals surface area contributed by atoms with Gasteiger partial charge in [-0.15, -0.1) is 0 Å². The third-order valence-corrected chi connectivity index (χ3v) is 13.1. The van der Waals surface area contributed by atoms with E-state index in [1.807, 2.05) is 0 Å². The van der Waals surface area contributed by atoms with Crippen LogP contribution in [-0.2, 0) is 0 Å². The quantitative estimate of drug-likeness (QED) is 0.156. The molecule has 0 radical (unpaired) electrons. The first-order valence-corrected chi connectivity index (χ1v) is 21.4. The normalized spacial score (nSPS) is 13.3. The molecule has 0 bridgehead atoms. The standard InChI is InChI=1S/C55H48BN3/c1-34(2)37-19-24-42(25-20-37)57-51-27-22-39(35(3)4)30-47(51)56-48-31-40(36(5)6)23-28-52(48)58(43-26-21-38-13-7-8-14-41(38)29-43)54-33-44(32-53(57)55(54)56)59-49-17-11-9-15-45(49)46-16-10-12-18-50(46)59/h7-36H,1-6H3. The summed E-state index contributed by atoms with van der Waals surface area (Å²) in [6.45, 7) is 13.9. The minimum absolute atomic E-state index is 0.0393. The van der Waals surface area contributed by atoms with Crippen molar-refractivity contribution in [3.63, 3.8) is 0 Å². The Kier molecular flexibility index (Phi) is 8.17. The fraction of sp³-hybridized carbons (Fsp3) is 0.164. The molecule has 9 aromatic rings. The van der Waals surface area contributed by atoms with Crippen LogP contribution in [0, 0.1) is 0 Å². The van der Waals surface area contributed by atoms with Crippen LogP contribution in [0.2, 0.25) is 0 Å². The summed E-state index contributed by atoms with van der Waals surface area (Å²) in [7, 11) is 0. The number of fused-ring (bicyclic) bond motifs is 8. The van der Waals surface area contributed by atoms with E-state index in [4.69, 9.17) is 0 Å². The van der Waals surface area contributed by atoms with Crippen molar-refractivity contribution in [3.8, 4) is 5.69 Å². The highest BCUT2D eigenvalue weighted by Gasteiger charge is 2.44. The summed E-state index contributed by atoms with van der Waals surface area (Å²) in [6.07, 6.45) is 0. The third kappa shape index (κ3) is 5.49. The Labute approximate surface area is 348 Å². The van der Waals surface area contributed by atoms with Crippen molar-refractivity contribution in [2.24, 2.45) is 0 Å². The summed E-state index contributed by atoms with van der Waals surface area (Å²) < 4.78 is 2.49. The van der Waals surface area contributed by atoms with Gasteiger partial charge in [0.25, 0.3) is 6.71 Å². The lowest BCUT2D eigenvalue weighted by Gasteiger charge is -2.45. The maximum Gasteiger partial charge on any atom is 0.252 e. The number of hydrogen-bond donors (Lipinski definition) is 0. The minimum Gasteiger partial charge on any atom is -0.311 e. The second-order valence-electron chi connectivity index (χ2n) is 17.6. The minimum atomic E-state index is 0.0393. The lowest BCUT2D eigenvalue weighted by Crippen LogP contribution is -2.61. The van der Waals surface area contributed by atoms with Crippen molar-refractivity contribution < 1.29 is 0 Å². The number of rotatable bonds is 6. The second-order valence-corrected chi connectivity index (χ2v) is 17.6. The van der Waals surface area contributed by atoms with Gasteiger partial charge < -0.3 is 14.4 Å². The van der Waals surface area contributed by atoms with Gasteiger partial charge in [-0.25, -0.2) is 0 Å². The molecule has 11 rings (SSSR count). The molecule has 4 heteroatoms. The monoisotopic (exact) mass is 761 g/mol. The van der Waals surface area contributed by atoms with E-state index in [1.54, 1.807) is 0 Å². The molecule has 0 fully saturated rings. The van der Waals surface area contributed by atoms with Gasteiger partial charge in [0.1, 0.15) is 0 Å². The Morgan fingerprint density at radius 3 is 1.41 bits per heavy atom. The summed E-state index contributed by atoms with van der Waals surface area (Å²) in [5.74, 6) is 1.25. The van der Waals surface area contributed by atoms with Gasteiger partial charge in [-0.05, 0) is 122 Å². The van der Waals surface area contributed by atoms with Crippen molar-refractivity contribution in [1.82, 2.24) is 4.57 Å². The fourth-order valence-electron chi connectivity index (χ4n) is 9.96. The maximum atomic E-state index is 2.57. The first-order chi connectivity index (χ1) is 28.7. The molecule has 0 saturated heterocycles. The lowest BCUT2D eigenvalue weighted by atomic mass is 9.33. The van der Waals surface area contributed by atoms with Gasteiger partial charge in [0.15, 0.2) is 0 Å². The summed E-state index contributed by atoms with van der Waals surface area (Å²) in [6, 6.07) is 62.3.